The van der Waals surface area contributed by atoms with Crippen LogP contribution in [0.2, 0.25) is 0 Å². The maximum Gasteiger partial charge on any atom is 0.309 e. The molecule has 8 heteroatoms. The Kier molecular flexibility index (Phi) is 5.62. The Morgan fingerprint density at radius 2 is 1.64 bits per heavy atom. The number of Topliss-reactive ketones (excluding diaryl/α,β-unsaturated/α-hetero) is 1. The Morgan fingerprint density at radius 1 is 0.917 bits per heavy atom. The van der Waals surface area contributed by atoms with Gasteiger partial charge in [-0.1, -0.05) is 60.7 Å². The van der Waals surface area contributed by atoms with E-state index in [4.69, 9.17) is 18.9 Å². The summed E-state index contributed by atoms with van der Waals surface area (Å²) >= 11 is 0. The van der Waals surface area contributed by atoms with E-state index in [1.165, 1.54) is 6.07 Å². The first-order chi connectivity index (χ1) is 17.5. The quantitative estimate of drug-likeness (QED) is 0.524. The lowest BCUT2D eigenvalue weighted by Crippen LogP contribution is -2.37. The average Bonchev–Trinajstić information content (AvgIpc) is 3.39. The number of aromatic hydroxyl groups is 1. The molecule has 0 saturated carbocycles. The fraction of sp³-hybridized carbons (Fsp3) is 0.286. The van der Waals surface area contributed by atoms with E-state index < -0.39 is 42.6 Å². The molecule has 0 bridgehead atoms. The molecule has 0 aromatic heterocycles. The molecular weight excluding hydrogens is 464 g/mol. The number of rotatable bonds is 5. The maximum atomic E-state index is 12.9. The molecular formula is C28H24O8. The molecule has 2 saturated heterocycles. The van der Waals surface area contributed by atoms with Crippen LogP contribution in [-0.2, 0) is 14.3 Å². The molecule has 36 heavy (non-hydrogen) atoms. The van der Waals surface area contributed by atoms with Crippen molar-refractivity contribution in [2.75, 3.05) is 0 Å². The van der Waals surface area contributed by atoms with Crippen molar-refractivity contribution in [1.29, 1.82) is 0 Å². The van der Waals surface area contributed by atoms with Crippen LogP contribution in [-0.4, -0.2) is 46.4 Å². The SMILES string of the molecule is O=C1C[C@H]2O[C@H]([C@@H](Oc3cc(O)c4c(c3)O[C@H](c3ccccc3)CC4=O)c3ccccc3)[C@H](O)[C@@H]2O1. The fourth-order valence-corrected chi connectivity index (χ4v) is 5.14. The largest absolute Gasteiger partial charge is 0.507 e. The molecule has 6 rings (SSSR count). The van der Waals surface area contributed by atoms with Crippen molar-refractivity contribution in [3.8, 4) is 17.2 Å². The van der Waals surface area contributed by atoms with Crippen LogP contribution in [0.3, 0.4) is 0 Å². The van der Waals surface area contributed by atoms with Crippen LogP contribution in [0.25, 0.3) is 0 Å². The van der Waals surface area contributed by atoms with Crippen LogP contribution < -0.4 is 9.47 Å². The molecule has 0 unspecified atom stereocenters. The normalized spacial score (nSPS) is 27.5. The van der Waals surface area contributed by atoms with Gasteiger partial charge in [0.25, 0.3) is 0 Å². The van der Waals surface area contributed by atoms with Crippen molar-refractivity contribution in [3.63, 3.8) is 0 Å². The predicted molar refractivity (Wildman–Crippen MR) is 126 cm³/mol. The van der Waals surface area contributed by atoms with Gasteiger partial charge >= 0.3 is 5.97 Å². The Bertz CT molecular complexity index is 1290. The monoisotopic (exact) mass is 488 g/mol. The van der Waals surface area contributed by atoms with E-state index in [9.17, 15) is 19.8 Å². The molecule has 3 aromatic carbocycles. The Labute approximate surface area is 207 Å². The van der Waals surface area contributed by atoms with Crippen molar-refractivity contribution in [2.24, 2.45) is 0 Å². The van der Waals surface area contributed by atoms with E-state index in [0.29, 0.717) is 0 Å². The minimum Gasteiger partial charge on any atom is -0.507 e. The number of phenols is 1. The number of benzene rings is 3. The summed E-state index contributed by atoms with van der Waals surface area (Å²) < 4.78 is 23.7. The number of carbonyl (C=O) groups is 2. The van der Waals surface area contributed by atoms with Crippen molar-refractivity contribution < 1.29 is 38.7 Å². The van der Waals surface area contributed by atoms with Crippen LogP contribution in [0.1, 0.15) is 46.5 Å². The van der Waals surface area contributed by atoms with Gasteiger partial charge in [0.2, 0.25) is 0 Å². The van der Waals surface area contributed by atoms with E-state index in [1.807, 2.05) is 60.7 Å². The number of phenolic OH excluding ortho intramolecular Hbond substituents is 1. The molecule has 184 valence electrons. The highest BCUT2D eigenvalue weighted by atomic mass is 16.6. The van der Waals surface area contributed by atoms with Gasteiger partial charge in [0.05, 0.1) is 12.8 Å². The van der Waals surface area contributed by atoms with E-state index >= 15 is 0 Å². The fourth-order valence-electron chi connectivity index (χ4n) is 5.14. The van der Waals surface area contributed by atoms with Crippen LogP contribution in [0.15, 0.2) is 72.8 Å². The van der Waals surface area contributed by atoms with E-state index in [0.717, 1.165) is 11.1 Å². The summed E-state index contributed by atoms with van der Waals surface area (Å²) in [4.78, 5) is 24.5. The third-order valence-corrected chi connectivity index (χ3v) is 6.84. The zero-order chi connectivity index (χ0) is 24.8. The smallest absolute Gasteiger partial charge is 0.309 e. The highest BCUT2D eigenvalue weighted by Gasteiger charge is 2.54. The zero-order valence-electron chi connectivity index (χ0n) is 19.2. The summed E-state index contributed by atoms with van der Waals surface area (Å²) in [5, 5.41) is 21.6. The lowest BCUT2D eigenvalue weighted by Gasteiger charge is -2.29. The van der Waals surface area contributed by atoms with Gasteiger partial charge in [-0.15, -0.1) is 0 Å². The number of fused-ring (bicyclic) bond motifs is 2. The molecule has 0 radical (unpaired) electrons. The van der Waals surface area contributed by atoms with Gasteiger partial charge in [0.15, 0.2) is 18.0 Å². The predicted octanol–water partition coefficient (Wildman–Crippen LogP) is 3.66. The second-order valence-corrected chi connectivity index (χ2v) is 9.20. The van der Waals surface area contributed by atoms with Gasteiger partial charge < -0.3 is 29.2 Å². The molecule has 6 atom stereocenters. The van der Waals surface area contributed by atoms with Crippen LogP contribution >= 0.6 is 0 Å². The minimum absolute atomic E-state index is 0.0657. The molecule has 2 fully saturated rings. The van der Waals surface area contributed by atoms with Crippen LogP contribution in [0.5, 0.6) is 17.2 Å². The number of ether oxygens (including phenoxy) is 4. The summed E-state index contributed by atoms with van der Waals surface area (Å²) in [5.74, 6) is -0.413. The summed E-state index contributed by atoms with van der Waals surface area (Å²) in [7, 11) is 0. The number of ketones is 1. The summed E-state index contributed by atoms with van der Waals surface area (Å²) in [5.41, 5.74) is 1.70. The number of carbonyl (C=O) groups excluding carboxylic acids is 2. The Balaban J connectivity index is 1.32. The molecule has 3 aliphatic rings. The molecule has 3 aromatic rings. The first-order valence-electron chi connectivity index (χ1n) is 11.8. The number of esters is 1. The molecule has 2 N–H and O–H groups in total. The number of hydrogen-bond acceptors (Lipinski definition) is 8. The van der Waals surface area contributed by atoms with E-state index in [2.05, 4.69) is 0 Å². The zero-order valence-corrected chi connectivity index (χ0v) is 19.2. The van der Waals surface area contributed by atoms with Gasteiger partial charge in [0, 0.05) is 12.1 Å². The second-order valence-electron chi connectivity index (χ2n) is 9.20. The van der Waals surface area contributed by atoms with Crippen molar-refractivity contribution in [2.45, 2.75) is 49.5 Å². The van der Waals surface area contributed by atoms with Gasteiger partial charge in [-0.3, -0.25) is 9.59 Å². The standard InChI is InChI=1S/C28H24O8/c29-18-11-17(12-21-24(18)19(30)13-20(34-21)15-7-3-1-4-8-15)33-26(16-9-5-2-6-10-16)28-25(32)27-22(35-28)14-23(31)36-27/h1-12,20,22,25-29,32H,13-14H2/t20-,22+,25+,26-,27+,28-/m0/s1. The molecule has 3 heterocycles. The van der Waals surface area contributed by atoms with Gasteiger partial charge in [0.1, 0.15) is 47.2 Å². The molecule has 0 aliphatic carbocycles. The molecule has 8 nitrogen and oxygen atoms in total. The van der Waals surface area contributed by atoms with Gasteiger partial charge in [-0.2, -0.15) is 0 Å². The van der Waals surface area contributed by atoms with E-state index in [-0.39, 0.29) is 41.4 Å². The summed E-state index contributed by atoms with van der Waals surface area (Å²) in [6.07, 6.45) is -4.34. The third kappa shape index (κ3) is 3.98. The van der Waals surface area contributed by atoms with Gasteiger partial charge in [-0.25, -0.2) is 0 Å². The highest BCUT2D eigenvalue weighted by Crippen LogP contribution is 2.44. The van der Waals surface area contributed by atoms with Gasteiger partial charge in [-0.05, 0) is 11.1 Å². The maximum absolute atomic E-state index is 12.9. The molecule has 0 amide bonds. The van der Waals surface area contributed by atoms with Crippen molar-refractivity contribution in [1.82, 2.24) is 0 Å². The first kappa shape index (κ1) is 22.6. The third-order valence-electron chi connectivity index (χ3n) is 6.84. The van der Waals surface area contributed by atoms with Crippen LogP contribution in [0.4, 0.5) is 0 Å². The molecule has 3 aliphatic heterocycles. The highest BCUT2D eigenvalue weighted by molar-refractivity contribution is 6.02. The van der Waals surface area contributed by atoms with Crippen LogP contribution in [0, 0.1) is 0 Å². The lowest BCUT2D eigenvalue weighted by atomic mass is 9.95. The average molecular weight is 488 g/mol. The Hall–Kier alpha value is -3.88. The number of aliphatic hydroxyl groups excluding tert-OH is 1. The summed E-state index contributed by atoms with van der Waals surface area (Å²) in [6.45, 7) is 0. The van der Waals surface area contributed by atoms with Crippen molar-refractivity contribution >= 4 is 11.8 Å². The first-order valence-corrected chi connectivity index (χ1v) is 11.8. The topological polar surface area (TPSA) is 112 Å². The second kappa shape index (κ2) is 8.96. The Morgan fingerprint density at radius 3 is 2.36 bits per heavy atom. The minimum atomic E-state index is -1.10. The summed E-state index contributed by atoms with van der Waals surface area (Å²) in [6, 6.07) is 21.5. The molecule has 0 spiro atoms. The van der Waals surface area contributed by atoms with E-state index in [1.54, 1.807) is 6.07 Å². The number of aliphatic hydroxyl groups is 1. The lowest BCUT2D eigenvalue weighted by molar-refractivity contribution is -0.146. The number of hydrogen-bond donors (Lipinski definition) is 2. The van der Waals surface area contributed by atoms with Crippen molar-refractivity contribution in [3.05, 3.63) is 89.5 Å².